The van der Waals surface area contributed by atoms with Gasteiger partial charge >= 0.3 is 6.03 Å². The molecule has 1 aliphatic heterocycles. The maximum atomic E-state index is 11.3. The Kier molecular flexibility index (Phi) is 3.59. The van der Waals surface area contributed by atoms with Gasteiger partial charge in [-0.05, 0) is 18.9 Å². The first-order valence-corrected chi connectivity index (χ1v) is 6.15. The van der Waals surface area contributed by atoms with Crippen LogP contribution in [0, 0.1) is 0 Å². The number of rotatable bonds is 2. The second-order valence-electron chi connectivity index (χ2n) is 4.64. The number of aromatic hydroxyl groups is 1. The van der Waals surface area contributed by atoms with E-state index in [1.165, 1.54) is 13.0 Å². The van der Waals surface area contributed by atoms with Gasteiger partial charge < -0.3 is 21.1 Å². The van der Waals surface area contributed by atoms with Gasteiger partial charge in [-0.2, -0.15) is 0 Å². The second kappa shape index (κ2) is 5.17. The molecule has 2 rings (SSSR count). The quantitative estimate of drug-likeness (QED) is 0.755. The summed E-state index contributed by atoms with van der Waals surface area (Å²) in [7, 11) is 0. The Hall–Kier alpha value is -2.24. The minimum atomic E-state index is -0.479. The summed E-state index contributed by atoms with van der Waals surface area (Å²) in [6.07, 6.45) is 1.64. The molecule has 0 spiro atoms. The van der Waals surface area contributed by atoms with Crippen molar-refractivity contribution in [2.75, 3.05) is 11.9 Å². The number of nitrogens with zero attached hydrogens (tertiary/aromatic N) is 1. The topological polar surface area (TPSA) is 95.7 Å². The molecule has 0 aromatic heterocycles. The van der Waals surface area contributed by atoms with Crippen LogP contribution in [0.3, 0.4) is 0 Å². The number of carbonyl (C=O) groups excluding carboxylic acids is 2. The van der Waals surface area contributed by atoms with Crippen LogP contribution < -0.4 is 11.1 Å². The molecule has 3 amide bonds. The smallest absolute Gasteiger partial charge is 0.315 e. The largest absolute Gasteiger partial charge is 0.508 e. The number of hydrogen-bond donors (Lipinski definition) is 3. The lowest BCUT2D eigenvalue weighted by atomic mass is 10.0. The number of primary amides is 1. The fourth-order valence-electron chi connectivity index (χ4n) is 2.46. The lowest BCUT2D eigenvalue weighted by molar-refractivity contribution is -0.114. The summed E-state index contributed by atoms with van der Waals surface area (Å²) in [6, 6.07) is 4.23. The van der Waals surface area contributed by atoms with E-state index in [0.717, 1.165) is 12.8 Å². The highest BCUT2D eigenvalue weighted by Crippen LogP contribution is 2.37. The SMILES string of the molecule is CC(=O)Nc1ccc(C2CCCN2C(N)=O)c(O)c1. The molecule has 1 unspecified atom stereocenters. The monoisotopic (exact) mass is 263 g/mol. The van der Waals surface area contributed by atoms with Crippen LogP contribution in [0.5, 0.6) is 5.75 Å². The van der Waals surface area contributed by atoms with Crippen LogP contribution in [0.2, 0.25) is 0 Å². The summed E-state index contributed by atoms with van der Waals surface area (Å²) >= 11 is 0. The number of phenolic OH excluding ortho intramolecular Hbond substituents is 1. The predicted molar refractivity (Wildman–Crippen MR) is 70.7 cm³/mol. The van der Waals surface area contributed by atoms with Crippen molar-refractivity contribution in [3.63, 3.8) is 0 Å². The number of urea groups is 1. The number of nitrogens with two attached hydrogens (primary N) is 1. The van der Waals surface area contributed by atoms with E-state index in [4.69, 9.17) is 5.73 Å². The molecule has 19 heavy (non-hydrogen) atoms. The van der Waals surface area contributed by atoms with Crippen LogP contribution >= 0.6 is 0 Å². The van der Waals surface area contributed by atoms with Crippen molar-refractivity contribution in [3.8, 4) is 5.75 Å². The number of amides is 3. The van der Waals surface area contributed by atoms with Gasteiger partial charge in [0, 0.05) is 30.8 Å². The molecule has 1 aliphatic rings. The molecule has 0 saturated carbocycles. The van der Waals surface area contributed by atoms with E-state index in [9.17, 15) is 14.7 Å². The zero-order valence-corrected chi connectivity index (χ0v) is 10.7. The average Bonchev–Trinajstić information content (AvgIpc) is 2.77. The van der Waals surface area contributed by atoms with Crippen LogP contribution in [0.4, 0.5) is 10.5 Å². The van der Waals surface area contributed by atoms with E-state index in [2.05, 4.69) is 5.32 Å². The third-order valence-corrected chi connectivity index (χ3v) is 3.25. The molecule has 6 nitrogen and oxygen atoms in total. The summed E-state index contributed by atoms with van der Waals surface area (Å²) in [6.45, 7) is 2.00. The summed E-state index contributed by atoms with van der Waals surface area (Å²) < 4.78 is 0. The second-order valence-corrected chi connectivity index (χ2v) is 4.64. The number of carbonyl (C=O) groups is 2. The van der Waals surface area contributed by atoms with Crippen LogP contribution in [0.25, 0.3) is 0 Å². The Labute approximate surface area is 111 Å². The maximum absolute atomic E-state index is 11.3. The molecular weight excluding hydrogens is 246 g/mol. The Balaban J connectivity index is 2.25. The fraction of sp³-hybridized carbons (Fsp3) is 0.385. The zero-order chi connectivity index (χ0) is 14.0. The van der Waals surface area contributed by atoms with Crippen molar-refractivity contribution < 1.29 is 14.7 Å². The van der Waals surface area contributed by atoms with E-state index in [1.807, 2.05) is 0 Å². The number of hydrogen-bond acceptors (Lipinski definition) is 3. The first kappa shape index (κ1) is 13.2. The Bertz CT molecular complexity index is 516. The van der Waals surface area contributed by atoms with Crippen molar-refractivity contribution in [2.24, 2.45) is 5.73 Å². The average molecular weight is 263 g/mol. The number of likely N-dealkylation sites (tertiary alicyclic amines) is 1. The van der Waals surface area contributed by atoms with Gasteiger partial charge in [-0.1, -0.05) is 6.07 Å². The highest BCUT2D eigenvalue weighted by Gasteiger charge is 2.30. The molecule has 0 aliphatic carbocycles. The van der Waals surface area contributed by atoms with E-state index in [-0.39, 0.29) is 17.7 Å². The molecule has 0 radical (unpaired) electrons. The third kappa shape index (κ3) is 2.78. The molecule has 4 N–H and O–H groups in total. The first-order chi connectivity index (χ1) is 8.99. The van der Waals surface area contributed by atoms with Gasteiger partial charge in [0.25, 0.3) is 0 Å². The van der Waals surface area contributed by atoms with Crippen LogP contribution in [-0.4, -0.2) is 28.5 Å². The molecule has 1 saturated heterocycles. The number of benzene rings is 1. The van der Waals surface area contributed by atoms with Crippen LogP contribution in [0.1, 0.15) is 31.4 Å². The molecular formula is C13H17N3O3. The van der Waals surface area contributed by atoms with Crippen LogP contribution in [-0.2, 0) is 4.79 Å². The highest BCUT2D eigenvalue weighted by molar-refractivity contribution is 5.89. The van der Waals surface area contributed by atoms with E-state index in [0.29, 0.717) is 17.8 Å². The molecule has 0 bridgehead atoms. The summed E-state index contributed by atoms with van der Waals surface area (Å²) in [4.78, 5) is 23.8. The van der Waals surface area contributed by atoms with Gasteiger partial charge in [-0.3, -0.25) is 4.79 Å². The lowest BCUT2D eigenvalue weighted by Gasteiger charge is -2.23. The van der Waals surface area contributed by atoms with Crippen molar-refractivity contribution in [1.29, 1.82) is 0 Å². The summed E-state index contributed by atoms with van der Waals surface area (Å²) in [5.74, 6) is -0.142. The van der Waals surface area contributed by atoms with Crippen molar-refractivity contribution in [3.05, 3.63) is 23.8 Å². The molecule has 1 atom stereocenters. The van der Waals surface area contributed by atoms with Crippen LogP contribution in [0.15, 0.2) is 18.2 Å². The van der Waals surface area contributed by atoms with Gasteiger partial charge in [0.15, 0.2) is 0 Å². The van der Waals surface area contributed by atoms with Gasteiger partial charge in [-0.15, -0.1) is 0 Å². The van der Waals surface area contributed by atoms with Gasteiger partial charge in [0.2, 0.25) is 5.91 Å². The fourth-order valence-corrected chi connectivity index (χ4v) is 2.46. The standard InChI is InChI=1S/C13H17N3O3/c1-8(17)15-9-4-5-10(12(18)7-9)11-3-2-6-16(11)13(14)19/h4-5,7,11,18H,2-3,6H2,1H3,(H2,14,19)(H,15,17). The van der Waals surface area contributed by atoms with Gasteiger partial charge in [-0.25, -0.2) is 4.79 Å². The van der Waals surface area contributed by atoms with E-state index >= 15 is 0 Å². The number of anilines is 1. The molecule has 6 heteroatoms. The van der Waals surface area contributed by atoms with Gasteiger partial charge in [0.1, 0.15) is 5.75 Å². The molecule has 102 valence electrons. The normalized spacial score (nSPS) is 18.4. The molecule has 1 aromatic rings. The minimum absolute atomic E-state index is 0.0596. The van der Waals surface area contributed by atoms with E-state index < -0.39 is 6.03 Å². The maximum Gasteiger partial charge on any atom is 0.315 e. The van der Waals surface area contributed by atoms with Crippen molar-refractivity contribution in [1.82, 2.24) is 4.90 Å². The number of phenols is 1. The molecule has 1 aromatic carbocycles. The summed E-state index contributed by atoms with van der Waals surface area (Å²) in [5, 5.41) is 12.6. The van der Waals surface area contributed by atoms with Crippen molar-refractivity contribution in [2.45, 2.75) is 25.8 Å². The molecule has 1 heterocycles. The lowest BCUT2D eigenvalue weighted by Crippen LogP contribution is -2.35. The van der Waals surface area contributed by atoms with E-state index in [1.54, 1.807) is 17.0 Å². The summed E-state index contributed by atoms with van der Waals surface area (Å²) in [5.41, 5.74) is 6.50. The Morgan fingerprint density at radius 3 is 2.79 bits per heavy atom. The highest BCUT2D eigenvalue weighted by atomic mass is 16.3. The minimum Gasteiger partial charge on any atom is -0.508 e. The number of nitrogens with one attached hydrogen (secondary N) is 1. The third-order valence-electron chi connectivity index (χ3n) is 3.25. The Morgan fingerprint density at radius 2 is 2.21 bits per heavy atom. The van der Waals surface area contributed by atoms with Crippen molar-refractivity contribution >= 4 is 17.6 Å². The predicted octanol–water partition coefficient (Wildman–Crippen LogP) is 1.57. The first-order valence-electron chi connectivity index (χ1n) is 6.15. The molecule has 1 fully saturated rings. The Morgan fingerprint density at radius 1 is 1.47 bits per heavy atom. The zero-order valence-electron chi connectivity index (χ0n) is 10.7. The van der Waals surface area contributed by atoms with Gasteiger partial charge in [0.05, 0.1) is 6.04 Å².